The van der Waals surface area contributed by atoms with E-state index >= 15 is 0 Å². The average molecular weight is 353 g/mol. The van der Waals surface area contributed by atoms with Crippen LogP contribution in [0.25, 0.3) is 0 Å². The van der Waals surface area contributed by atoms with E-state index in [1.807, 2.05) is 13.8 Å². The van der Waals surface area contributed by atoms with Crippen molar-refractivity contribution in [2.75, 3.05) is 6.54 Å². The molecular formula is C14H28INO. The first-order valence-corrected chi connectivity index (χ1v) is 7.75. The zero-order chi connectivity index (χ0) is 13.9. The van der Waals surface area contributed by atoms with Crippen LogP contribution in [0.15, 0.2) is 0 Å². The minimum absolute atomic E-state index is 0.0558. The molecule has 0 spiro atoms. The highest BCUT2D eigenvalue weighted by Crippen LogP contribution is 2.28. The Morgan fingerprint density at radius 3 is 2.00 bits per heavy atom. The Bertz CT molecular complexity index is 261. The molecular weight excluding hydrogens is 325 g/mol. The van der Waals surface area contributed by atoms with Gasteiger partial charge in [0, 0.05) is 14.9 Å². The number of hydrogen-bond acceptors (Lipinski definition) is 2. The molecule has 0 saturated carbocycles. The quantitative estimate of drug-likeness (QED) is 0.557. The van der Waals surface area contributed by atoms with Crippen molar-refractivity contribution < 1.29 is 4.79 Å². The fourth-order valence-electron chi connectivity index (χ4n) is 1.47. The third kappa shape index (κ3) is 4.51. The van der Waals surface area contributed by atoms with Crippen LogP contribution in [0.4, 0.5) is 0 Å². The molecule has 0 aliphatic heterocycles. The van der Waals surface area contributed by atoms with E-state index in [1.54, 1.807) is 0 Å². The van der Waals surface area contributed by atoms with E-state index in [4.69, 9.17) is 0 Å². The Morgan fingerprint density at radius 1 is 1.24 bits per heavy atom. The summed E-state index contributed by atoms with van der Waals surface area (Å²) < 4.78 is 0.348. The number of Topliss-reactive ketones (excluding diaryl/α,β-unsaturated/α-hetero) is 1. The number of carbonyl (C=O) groups excluding carboxylic acids is 1. The number of carbonyl (C=O) groups is 1. The molecule has 2 nitrogen and oxygen atoms in total. The van der Waals surface area contributed by atoms with Crippen molar-refractivity contribution in [1.82, 2.24) is 5.32 Å². The van der Waals surface area contributed by atoms with Crippen molar-refractivity contribution in [3.05, 3.63) is 0 Å². The van der Waals surface area contributed by atoms with Crippen LogP contribution >= 0.6 is 22.6 Å². The summed E-state index contributed by atoms with van der Waals surface area (Å²) in [4.78, 5) is 12.2. The van der Waals surface area contributed by atoms with Gasteiger partial charge in [0.1, 0.15) is 0 Å². The summed E-state index contributed by atoms with van der Waals surface area (Å²) in [5.74, 6) is 0.833. The topological polar surface area (TPSA) is 29.1 Å². The molecule has 0 aliphatic carbocycles. The lowest BCUT2D eigenvalue weighted by molar-refractivity contribution is -0.126. The van der Waals surface area contributed by atoms with Crippen molar-refractivity contribution in [2.24, 2.45) is 11.3 Å². The van der Waals surface area contributed by atoms with Crippen molar-refractivity contribution in [3.8, 4) is 0 Å². The average Bonchev–Trinajstić information content (AvgIpc) is 2.24. The molecule has 0 aromatic carbocycles. The number of hydrogen-bond donors (Lipinski definition) is 1. The molecule has 1 N–H and O–H groups in total. The normalized spacial score (nSPS) is 17.9. The lowest BCUT2D eigenvalue weighted by Crippen LogP contribution is -2.51. The van der Waals surface area contributed by atoms with Crippen molar-refractivity contribution in [2.45, 2.75) is 64.4 Å². The SMILES string of the molecule is CCC(C)(NCC(=O)C(C)(C)C(C)I)C(C)C. The first-order valence-electron chi connectivity index (χ1n) is 6.50. The summed E-state index contributed by atoms with van der Waals surface area (Å²) in [5.41, 5.74) is -0.195. The Hall–Kier alpha value is 0.360. The highest BCUT2D eigenvalue weighted by atomic mass is 127. The van der Waals surface area contributed by atoms with Crippen LogP contribution in [0.1, 0.15) is 54.9 Å². The Labute approximate surface area is 120 Å². The Kier molecular flexibility index (Phi) is 6.64. The fraction of sp³-hybridized carbons (Fsp3) is 0.929. The van der Waals surface area contributed by atoms with E-state index in [9.17, 15) is 4.79 Å². The molecule has 0 radical (unpaired) electrons. The summed E-state index contributed by atoms with van der Waals surface area (Å²) in [6, 6.07) is 0. The van der Waals surface area contributed by atoms with Gasteiger partial charge < -0.3 is 5.32 Å². The van der Waals surface area contributed by atoms with E-state index in [2.05, 4.69) is 62.5 Å². The molecule has 2 unspecified atom stereocenters. The maximum atomic E-state index is 12.2. The minimum Gasteiger partial charge on any atom is -0.304 e. The van der Waals surface area contributed by atoms with E-state index in [0.29, 0.717) is 22.2 Å². The van der Waals surface area contributed by atoms with Crippen molar-refractivity contribution >= 4 is 28.4 Å². The number of ketones is 1. The smallest absolute Gasteiger partial charge is 0.153 e. The molecule has 0 amide bonds. The van der Waals surface area contributed by atoms with Crippen LogP contribution in [0.2, 0.25) is 0 Å². The molecule has 0 aliphatic rings. The zero-order valence-electron chi connectivity index (χ0n) is 12.4. The van der Waals surface area contributed by atoms with E-state index in [0.717, 1.165) is 6.42 Å². The van der Waals surface area contributed by atoms with Gasteiger partial charge in [-0.05, 0) is 19.3 Å². The molecule has 0 heterocycles. The second kappa shape index (κ2) is 6.50. The third-order valence-electron chi connectivity index (χ3n) is 4.37. The molecule has 0 saturated heterocycles. The summed E-state index contributed by atoms with van der Waals surface area (Å²) in [6.45, 7) is 15.4. The molecule has 0 aromatic rings. The molecule has 0 rings (SSSR count). The van der Waals surface area contributed by atoms with Gasteiger partial charge in [0.15, 0.2) is 5.78 Å². The standard InChI is InChI=1S/C14H28INO/c1-8-14(7,10(2)3)16-9-12(17)13(5,6)11(4)15/h10-11,16H,8-9H2,1-7H3. The molecule has 17 heavy (non-hydrogen) atoms. The Balaban J connectivity index is 4.53. The van der Waals surface area contributed by atoms with E-state index in [-0.39, 0.29) is 11.0 Å². The van der Waals surface area contributed by atoms with Crippen LogP contribution < -0.4 is 5.32 Å². The van der Waals surface area contributed by atoms with Gasteiger partial charge in [0.05, 0.1) is 6.54 Å². The van der Waals surface area contributed by atoms with Crippen LogP contribution in [-0.4, -0.2) is 21.8 Å². The van der Waals surface area contributed by atoms with Gasteiger partial charge in [-0.1, -0.05) is 64.1 Å². The third-order valence-corrected chi connectivity index (χ3v) is 5.93. The van der Waals surface area contributed by atoms with Crippen LogP contribution in [-0.2, 0) is 4.79 Å². The molecule has 0 bridgehead atoms. The van der Waals surface area contributed by atoms with Crippen molar-refractivity contribution in [3.63, 3.8) is 0 Å². The van der Waals surface area contributed by atoms with Crippen LogP contribution in [0.5, 0.6) is 0 Å². The van der Waals surface area contributed by atoms with Gasteiger partial charge >= 0.3 is 0 Å². The first-order chi connectivity index (χ1) is 7.58. The zero-order valence-corrected chi connectivity index (χ0v) is 14.5. The van der Waals surface area contributed by atoms with E-state index < -0.39 is 0 Å². The number of nitrogens with one attached hydrogen (secondary N) is 1. The van der Waals surface area contributed by atoms with Crippen LogP contribution in [0, 0.1) is 11.3 Å². The summed E-state index contributed by atoms with van der Waals surface area (Å²) in [7, 11) is 0. The molecule has 2 atom stereocenters. The first kappa shape index (κ1) is 17.4. The van der Waals surface area contributed by atoms with Gasteiger partial charge in [-0.15, -0.1) is 0 Å². The number of rotatable bonds is 7. The minimum atomic E-state index is -0.251. The lowest BCUT2D eigenvalue weighted by Gasteiger charge is -2.35. The molecule has 0 aromatic heterocycles. The summed E-state index contributed by atoms with van der Waals surface area (Å²) in [6.07, 6.45) is 1.04. The van der Waals surface area contributed by atoms with Crippen LogP contribution in [0.3, 0.4) is 0 Å². The Morgan fingerprint density at radius 2 is 1.71 bits per heavy atom. The van der Waals surface area contributed by atoms with Gasteiger partial charge in [-0.25, -0.2) is 0 Å². The summed E-state index contributed by atoms with van der Waals surface area (Å²) >= 11 is 2.34. The number of halogens is 1. The maximum Gasteiger partial charge on any atom is 0.153 e. The predicted molar refractivity (Wildman–Crippen MR) is 83.8 cm³/mol. The maximum absolute atomic E-state index is 12.2. The molecule has 0 fully saturated rings. The van der Waals surface area contributed by atoms with Gasteiger partial charge in [-0.2, -0.15) is 0 Å². The molecule has 3 heteroatoms. The second-order valence-electron chi connectivity index (χ2n) is 6.04. The highest BCUT2D eigenvalue weighted by molar-refractivity contribution is 14.1. The second-order valence-corrected chi connectivity index (χ2v) is 7.91. The van der Waals surface area contributed by atoms with Gasteiger partial charge in [-0.3, -0.25) is 4.79 Å². The largest absolute Gasteiger partial charge is 0.304 e. The highest BCUT2D eigenvalue weighted by Gasteiger charge is 2.34. The van der Waals surface area contributed by atoms with Gasteiger partial charge in [0.2, 0.25) is 0 Å². The summed E-state index contributed by atoms with van der Waals surface area (Å²) in [5, 5.41) is 3.45. The fourth-order valence-corrected chi connectivity index (χ4v) is 1.82. The van der Waals surface area contributed by atoms with E-state index in [1.165, 1.54) is 0 Å². The lowest BCUT2D eigenvalue weighted by atomic mass is 9.82. The monoisotopic (exact) mass is 353 g/mol. The molecule has 102 valence electrons. The predicted octanol–water partition coefficient (Wildman–Crippen LogP) is 3.82. The number of alkyl halides is 1. The van der Waals surface area contributed by atoms with Crippen molar-refractivity contribution in [1.29, 1.82) is 0 Å². The van der Waals surface area contributed by atoms with Gasteiger partial charge in [0.25, 0.3) is 0 Å².